The van der Waals surface area contributed by atoms with Crippen molar-refractivity contribution in [3.63, 3.8) is 0 Å². The molecule has 1 fully saturated rings. The van der Waals surface area contributed by atoms with E-state index in [0.717, 1.165) is 49.1 Å². The van der Waals surface area contributed by atoms with Gasteiger partial charge in [-0.2, -0.15) is 0 Å². The van der Waals surface area contributed by atoms with Crippen LogP contribution in [0.5, 0.6) is 0 Å². The minimum atomic E-state index is -1.18. The van der Waals surface area contributed by atoms with E-state index in [9.17, 15) is 13.6 Å². The molecule has 0 radical (unpaired) electrons. The molecule has 0 unspecified atom stereocenters. The zero-order valence-electron chi connectivity index (χ0n) is 19.2. The van der Waals surface area contributed by atoms with Gasteiger partial charge in [-0.25, -0.2) is 14.3 Å². The van der Waals surface area contributed by atoms with Crippen molar-refractivity contribution in [3.8, 4) is 0 Å². The first-order valence-corrected chi connectivity index (χ1v) is 11.4. The molecule has 0 aliphatic carbocycles. The molecule has 1 amide bonds. The fourth-order valence-corrected chi connectivity index (χ4v) is 4.87. The van der Waals surface area contributed by atoms with Crippen LogP contribution in [-0.4, -0.2) is 45.9 Å². The second kappa shape index (κ2) is 9.61. The minimum absolute atomic E-state index is 0.238. The summed E-state index contributed by atoms with van der Waals surface area (Å²) in [4.78, 5) is 13.7. The van der Waals surface area contributed by atoms with E-state index >= 15 is 0 Å². The number of benzene rings is 2. The molecule has 1 aliphatic heterocycles. The van der Waals surface area contributed by atoms with Gasteiger partial charge < -0.3 is 9.47 Å². The van der Waals surface area contributed by atoms with Gasteiger partial charge in [-0.15, -0.1) is 0 Å². The summed E-state index contributed by atoms with van der Waals surface area (Å²) >= 11 is 0. The summed E-state index contributed by atoms with van der Waals surface area (Å²) in [5.74, 6) is -0.338. The average Bonchev–Trinajstić information content (AvgIpc) is 3.12. The summed E-state index contributed by atoms with van der Waals surface area (Å²) in [7, 11) is 0. The largest absolute Gasteiger partial charge is 0.347 e. The maximum absolute atomic E-state index is 14.8. The number of nitrogens with zero attached hydrogens (tertiary/aromatic N) is 2. The number of halogens is 2. The lowest BCUT2D eigenvalue weighted by atomic mass is 9.95. The van der Waals surface area contributed by atoms with E-state index < -0.39 is 11.6 Å². The highest BCUT2D eigenvalue weighted by Gasteiger charge is 2.26. The van der Waals surface area contributed by atoms with Gasteiger partial charge in [-0.1, -0.05) is 18.2 Å². The highest BCUT2D eigenvalue weighted by molar-refractivity contribution is 5.93. The lowest BCUT2D eigenvalue weighted by molar-refractivity contribution is 0.0706. The van der Waals surface area contributed by atoms with E-state index in [1.165, 1.54) is 6.07 Å². The summed E-state index contributed by atoms with van der Waals surface area (Å²) in [6.45, 7) is 6.27. The average molecular weight is 456 g/mol. The number of carbonyl (C=O) groups is 1. The highest BCUT2D eigenvalue weighted by Crippen LogP contribution is 2.29. The van der Waals surface area contributed by atoms with Gasteiger partial charge in [0.25, 0.3) is 5.91 Å². The Morgan fingerprint density at radius 2 is 1.85 bits per heavy atom. The number of piperidine rings is 1. The van der Waals surface area contributed by atoms with Crippen molar-refractivity contribution in [2.24, 2.45) is 5.92 Å². The maximum Gasteiger partial charge on any atom is 0.274 e. The molecule has 1 aliphatic rings. The molecule has 3 aromatic rings. The van der Waals surface area contributed by atoms with Crippen LogP contribution in [0.25, 0.3) is 10.9 Å². The normalized spacial score (nSPS) is 15.8. The van der Waals surface area contributed by atoms with Gasteiger partial charge in [-0.3, -0.25) is 10.0 Å². The van der Waals surface area contributed by atoms with Crippen LogP contribution in [0.3, 0.4) is 0 Å². The molecule has 33 heavy (non-hydrogen) atoms. The number of nitrogens with one attached hydrogen (secondary N) is 1. The van der Waals surface area contributed by atoms with Crippen molar-refractivity contribution in [1.82, 2.24) is 14.9 Å². The molecule has 0 atom stereocenters. The zero-order valence-corrected chi connectivity index (χ0v) is 19.2. The lowest BCUT2D eigenvalue weighted by Gasteiger charge is -2.34. The first-order valence-electron chi connectivity index (χ1n) is 11.4. The summed E-state index contributed by atoms with van der Waals surface area (Å²) in [5, 5.41) is 9.41. The Hall–Kier alpha value is -2.77. The van der Waals surface area contributed by atoms with E-state index in [2.05, 4.69) is 9.47 Å². The molecular formula is C26H31F2N3O2. The van der Waals surface area contributed by atoms with Gasteiger partial charge in [0.05, 0.1) is 5.52 Å². The third kappa shape index (κ3) is 5.60. The number of likely N-dealkylation sites (tertiary alicyclic amines) is 1. The van der Waals surface area contributed by atoms with Crippen LogP contribution in [0, 0.1) is 11.7 Å². The Bertz CT molecular complexity index is 1110. The molecular weight excluding hydrogens is 424 g/mol. The minimum Gasteiger partial charge on any atom is -0.347 e. The smallest absolute Gasteiger partial charge is 0.274 e. The first-order chi connectivity index (χ1) is 15.7. The van der Waals surface area contributed by atoms with E-state index in [4.69, 9.17) is 5.21 Å². The van der Waals surface area contributed by atoms with E-state index in [0.29, 0.717) is 29.8 Å². The van der Waals surface area contributed by atoms with Crippen LogP contribution in [0.15, 0.2) is 48.7 Å². The fraction of sp³-hybridized carbons (Fsp3) is 0.423. The molecule has 2 heterocycles. The number of aromatic nitrogens is 1. The Kier molecular flexibility index (Phi) is 6.81. The molecule has 0 spiro atoms. The lowest BCUT2D eigenvalue weighted by Crippen LogP contribution is -2.41. The van der Waals surface area contributed by atoms with Crippen LogP contribution in [-0.2, 0) is 13.0 Å². The molecule has 0 saturated carbocycles. The van der Waals surface area contributed by atoms with Gasteiger partial charge in [0, 0.05) is 30.2 Å². The van der Waals surface area contributed by atoms with Crippen molar-refractivity contribution in [3.05, 3.63) is 71.2 Å². The van der Waals surface area contributed by atoms with E-state index in [1.54, 1.807) is 37.5 Å². The fourth-order valence-electron chi connectivity index (χ4n) is 4.87. The zero-order chi connectivity index (χ0) is 23.6. The van der Waals surface area contributed by atoms with Crippen LogP contribution in [0.4, 0.5) is 8.78 Å². The monoisotopic (exact) mass is 455 g/mol. The molecule has 1 aromatic heterocycles. The molecule has 7 heteroatoms. The van der Waals surface area contributed by atoms with Crippen molar-refractivity contribution in [1.29, 1.82) is 0 Å². The maximum atomic E-state index is 14.8. The van der Waals surface area contributed by atoms with Gasteiger partial charge in [0.1, 0.15) is 11.5 Å². The molecule has 1 saturated heterocycles. The highest BCUT2D eigenvalue weighted by atomic mass is 19.1. The predicted molar refractivity (Wildman–Crippen MR) is 125 cm³/mol. The van der Waals surface area contributed by atoms with Crippen molar-refractivity contribution in [2.45, 2.75) is 45.3 Å². The summed E-state index contributed by atoms with van der Waals surface area (Å²) in [6, 6.07) is 12.1. The van der Waals surface area contributed by atoms with Gasteiger partial charge >= 0.3 is 0 Å². The van der Waals surface area contributed by atoms with E-state index in [1.807, 2.05) is 24.4 Å². The Morgan fingerprint density at radius 1 is 1.15 bits per heavy atom. The molecule has 2 aromatic carbocycles. The number of amides is 1. The predicted octanol–water partition coefficient (Wildman–Crippen LogP) is 4.95. The standard InChI is InChI=1S/C26H31F2N3O2/c1-26(2,28)17-30-12-10-19(11-13-30)15-31-16-21(24-22(27)4-3-5-23(24)31)14-18-6-8-20(9-7-18)25(32)29-33/h3-9,16,19,33H,10-15,17H2,1-2H3,(H,29,32). The second-order valence-corrected chi connectivity index (χ2v) is 9.69. The number of fused-ring (bicyclic) bond motifs is 1. The first kappa shape index (κ1) is 23.4. The number of hydrogen-bond donors (Lipinski definition) is 2. The Labute approximate surface area is 193 Å². The van der Waals surface area contributed by atoms with Crippen LogP contribution >= 0.6 is 0 Å². The van der Waals surface area contributed by atoms with Crippen LogP contribution in [0.1, 0.15) is 48.2 Å². The molecule has 2 N–H and O–H groups in total. The second-order valence-electron chi connectivity index (χ2n) is 9.69. The van der Waals surface area contributed by atoms with E-state index in [-0.39, 0.29) is 5.82 Å². The molecule has 4 rings (SSSR count). The number of carbonyl (C=O) groups excluding carboxylic acids is 1. The number of hydroxylamine groups is 1. The Morgan fingerprint density at radius 3 is 2.48 bits per heavy atom. The Balaban J connectivity index is 1.51. The number of hydrogen-bond acceptors (Lipinski definition) is 3. The van der Waals surface area contributed by atoms with Gasteiger partial charge in [-0.05, 0) is 87.5 Å². The SMILES string of the molecule is CC(C)(F)CN1CCC(Cn2cc(Cc3ccc(C(=O)NO)cc3)c3c(F)cccc32)CC1. The topological polar surface area (TPSA) is 57.5 Å². The summed E-state index contributed by atoms with van der Waals surface area (Å²) in [5.41, 5.74) is 3.54. The summed E-state index contributed by atoms with van der Waals surface area (Å²) < 4.78 is 31.0. The molecule has 176 valence electrons. The van der Waals surface area contributed by atoms with Crippen molar-refractivity contribution >= 4 is 16.8 Å². The van der Waals surface area contributed by atoms with Crippen LogP contribution in [0.2, 0.25) is 0 Å². The summed E-state index contributed by atoms with van der Waals surface area (Å²) in [6.07, 6.45) is 4.57. The molecule has 5 nitrogen and oxygen atoms in total. The van der Waals surface area contributed by atoms with Crippen molar-refractivity contribution < 1.29 is 18.8 Å². The van der Waals surface area contributed by atoms with Crippen LogP contribution < -0.4 is 5.48 Å². The van der Waals surface area contributed by atoms with Gasteiger partial charge in [0.2, 0.25) is 0 Å². The van der Waals surface area contributed by atoms with Gasteiger partial charge in [0.15, 0.2) is 0 Å². The molecule has 0 bridgehead atoms. The van der Waals surface area contributed by atoms with Crippen molar-refractivity contribution in [2.75, 3.05) is 19.6 Å². The quantitative estimate of drug-likeness (QED) is 0.392. The number of rotatable bonds is 7. The third-order valence-electron chi connectivity index (χ3n) is 6.41. The third-order valence-corrected chi connectivity index (χ3v) is 6.41. The number of alkyl halides is 1.